The molecule has 1 aliphatic rings. The Morgan fingerprint density at radius 3 is 2.58 bits per heavy atom. The fourth-order valence-corrected chi connectivity index (χ4v) is 2.60. The number of aryl methyl sites for hydroxylation is 1. The third kappa shape index (κ3) is 2.03. The van der Waals surface area contributed by atoms with Crippen LogP contribution in [0.1, 0.15) is 30.6 Å². The highest BCUT2D eigenvalue weighted by atomic mass is 16.5. The van der Waals surface area contributed by atoms with Crippen LogP contribution in [0.15, 0.2) is 40.9 Å². The summed E-state index contributed by atoms with van der Waals surface area (Å²) in [6.45, 7) is 1.80. The van der Waals surface area contributed by atoms with Gasteiger partial charge in [-0.1, -0.05) is 41.9 Å². The molecule has 1 aliphatic carbocycles. The molecule has 1 aromatic carbocycles. The third-order valence-electron chi connectivity index (χ3n) is 3.84. The van der Waals surface area contributed by atoms with Gasteiger partial charge in [0.2, 0.25) is 5.91 Å². The van der Waals surface area contributed by atoms with Gasteiger partial charge in [-0.25, -0.2) is 0 Å². The lowest BCUT2D eigenvalue weighted by Crippen LogP contribution is -2.46. The maximum absolute atomic E-state index is 12.5. The predicted octanol–water partition coefficient (Wildman–Crippen LogP) is 3.04. The third-order valence-corrected chi connectivity index (χ3v) is 3.84. The van der Waals surface area contributed by atoms with Crippen molar-refractivity contribution in [2.45, 2.75) is 31.6 Å². The van der Waals surface area contributed by atoms with E-state index in [1.807, 2.05) is 30.3 Å². The Bertz CT molecular complexity index is 585. The molecule has 1 fully saturated rings. The van der Waals surface area contributed by atoms with Crippen LogP contribution >= 0.6 is 0 Å². The summed E-state index contributed by atoms with van der Waals surface area (Å²) in [4.78, 5) is 12.5. The highest BCUT2D eigenvalue weighted by Gasteiger charge is 2.45. The van der Waals surface area contributed by atoms with E-state index in [4.69, 9.17) is 4.52 Å². The van der Waals surface area contributed by atoms with Crippen molar-refractivity contribution in [3.63, 3.8) is 0 Å². The van der Waals surface area contributed by atoms with Gasteiger partial charge in [0.25, 0.3) is 0 Å². The number of anilines is 1. The van der Waals surface area contributed by atoms with E-state index < -0.39 is 5.41 Å². The van der Waals surface area contributed by atoms with Crippen LogP contribution in [0.2, 0.25) is 0 Å². The van der Waals surface area contributed by atoms with Crippen LogP contribution in [-0.2, 0) is 10.2 Å². The lowest BCUT2D eigenvalue weighted by molar-refractivity contribution is -0.124. The highest BCUT2D eigenvalue weighted by molar-refractivity contribution is 5.99. The van der Waals surface area contributed by atoms with Crippen LogP contribution in [0.25, 0.3) is 0 Å². The van der Waals surface area contributed by atoms with Crippen molar-refractivity contribution in [1.29, 1.82) is 0 Å². The van der Waals surface area contributed by atoms with Gasteiger partial charge in [-0.05, 0) is 25.3 Å². The molecule has 1 aromatic heterocycles. The van der Waals surface area contributed by atoms with Gasteiger partial charge in [0.1, 0.15) is 5.76 Å². The van der Waals surface area contributed by atoms with E-state index in [9.17, 15) is 4.79 Å². The van der Waals surface area contributed by atoms with Crippen LogP contribution in [0.3, 0.4) is 0 Å². The number of hydrogen-bond donors (Lipinski definition) is 1. The zero-order chi connectivity index (χ0) is 13.3. The largest absolute Gasteiger partial charge is 0.360 e. The van der Waals surface area contributed by atoms with Crippen molar-refractivity contribution in [3.05, 3.63) is 47.7 Å². The maximum atomic E-state index is 12.5. The van der Waals surface area contributed by atoms with E-state index in [1.165, 1.54) is 0 Å². The Kier molecular flexibility index (Phi) is 2.85. The normalized spacial score (nSPS) is 16.7. The van der Waals surface area contributed by atoms with Gasteiger partial charge in [0.15, 0.2) is 5.82 Å². The maximum Gasteiger partial charge on any atom is 0.236 e. The molecule has 1 N–H and O–H groups in total. The summed E-state index contributed by atoms with van der Waals surface area (Å²) in [5.41, 5.74) is 0.688. The van der Waals surface area contributed by atoms with Crippen molar-refractivity contribution < 1.29 is 9.32 Å². The molecule has 4 heteroatoms. The predicted molar refractivity (Wildman–Crippen MR) is 71.8 cm³/mol. The first kappa shape index (κ1) is 12.0. The number of rotatable bonds is 3. The average Bonchev–Trinajstić information content (AvgIpc) is 2.75. The molecule has 1 amide bonds. The molecule has 19 heavy (non-hydrogen) atoms. The van der Waals surface area contributed by atoms with Crippen molar-refractivity contribution in [2.75, 3.05) is 5.32 Å². The molecule has 1 saturated carbocycles. The molecule has 0 bridgehead atoms. The molecule has 0 saturated heterocycles. The number of carbonyl (C=O) groups is 1. The van der Waals surface area contributed by atoms with Crippen LogP contribution < -0.4 is 5.32 Å². The molecular formula is C15H16N2O2. The van der Waals surface area contributed by atoms with Gasteiger partial charge in [0, 0.05) is 6.07 Å². The molecule has 4 nitrogen and oxygen atoms in total. The summed E-state index contributed by atoms with van der Waals surface area (Å²) >= 11 is 0. The summed E-state index contributed by atoms with van der Waals surface area (Å²) in [5.74, 6) is 1.20. The van der Waals surface area contributed by atoms with Crippen molar-refractivity contribution >= 4 is 11.7 Å². The molecular weight excluding hydrogens is 240 g/mol. The number of benzene rings is 1. The number of carbonyl (C=O) groups excluding carboxylic acids is 1. The second-order valence-corrected chi connectivity index (χ2v) is 5.08. The molecule has 3 rings (SSSR count). The van der Waals surface area contributed by atoms with Gasteiger partial charge in [-0.2, -0.15) is 0 Å². The number of nitrogens with zero attached hydrogens (tertiary/aromatic N) is 1. The monoisotopic (exact) mass is 256 g/mol. The summed E-state index contributed by atoms with van der Waals surface area (Å²) in [6, 6.07) is 11.7. The first-order valence-electron chi connectivity index (χ1n) is 6.51. The SMILES string of the molecule is Cc1cc(NC(=O)C2(c3ccccc3)CCC2)no1. The molecule has 1 heterocycles. The first-order valence-corrected chi connectivity index (χ1v) is 6.51. The van der Waals surface area contributed by atoms with E-state index in [2.05, 4.69) is 10.5 Å². The topological polar surface area (TPSA) is 55.1 Å². The second kappa shape index (κ2) is 4.53. The van der Waals surface area contributed by atoms with E-state index in [-0.39, 0.29) is 5.91 Å². The van der Waals surface area contributed by atoms with E-state index in [0.717, 1.165) is 24.8 Å². The molecule has 0 aliphatic heterocycles. The number of nitrogens with one attached hydrogen (secondary N) is 1. The number of hydrogen-bond acceptors (Lipinski definition) is 3. The van der Waals surface area contributed by atoms with Crippen LogP contribution in [0, 0.1) is 6.92 Å². The summed E-state index contributed by atoms with van der Waals surface area (Å²) in [5, 5.41) is 6.67. The van der Waals surface area contributed by atoms with Gasteiger partial charge < -0.3 is 9.84 Å². The van der Waals surface area contributed by atoms with E-state index >= 15 is 0 Å². The lowest BCUT2D eigenvalue weighted by atomic mass is 9.64. The van der Waals surface area contributed by atoms with Crippen LogP contribution in [0.4, 0.5) is 5.82 Å². The minimum Gasteiger partial charge on any atom is -0.360 e. The van der Waals surface area contributed by atoms with Crippen LogP contribution in [0.5, 0.6) is 0 Å². The zero-order valence-corrected chi connectivity index (χ0v) is 10.8. The Morgan fingerprint density at radius 1 is 1.32 bits per heavy atom. The Balaban J connectivity index is 1.84. The summed E-state index contributed by atoms with van der Waals surface area (Å²) in [7, 11) is 0. The molecule has 2 aromatic rings. The highest BCUT2D eigenvalue weighted by Crippen LogP contribution is 2.44. The van der Waals surface area contributed by atoms with E-state index in [1.54, 1.807) is 13.0 Å². The van der Waals surface area contributed by atoms with E-state index in [0.29, 0.717) is 11.6 Å². The molecule has 0 spiro atoms. The Hall–Kier alpha value is -2.10. The lowest BCUT2D eigenvalue weighted by Gasteiger charge is -2.40. The average molecular weight is 256 g/mol. The molecule has 0 atom stereocenters. The van der Waals surface area contributed by atoms with Crippen molar-refractivity contribution in [2.24, 2.45) is 0 Å². The minimum atomic E-state index is -0.395. The fraction of sp³-hybridized carbons (Fsp3) is 0.333. The van der Waals surface area contributed by atoms with Gasteiger partial charge >= 0.3 is 0 Å². The second-order valence-electron chi connectivity index (χ2n) is 5.08. The Morgan fingerprint density at radius 2 is 2.05 bits per heavy atom. The molecule has 0 unspecified atom stereocenters. The number of aromatic nitrogens is 1. The Labute approximate surface area is 111 Å². The van der Waals surface area contributed by atoms with Crippen molar-refractivity contribution in [1.82, 2.24) is 5.16 Å². The van der Waals surface area contributed by atoms with Crippen LogP contribution in [-0.4, -0.2) is 11.1 Å². The smallest absolute Gasteiger partial charge is 0.236 e. The van der Waals surface area contributed by atoms with Crippen molar-refractivity contribution in [3.8, 4) is 0 Å². The molecule has 0 radical (unpaired) electrons. The van der Waals surface area contributed by atoms with Gasteiger partial charge in [0.05, 0.1) is 5.41 Å². The fourth-order valence-electron chi connectivity index (χ4n) is 2.60. The summed E-state index contributed by atoms with van der Waals surface area (Å²) in [6.07, 6.45) is 2.86. The first-order chi connectivity index (χ1) is 9.21. The van der Waals surface area contributed by atoms with Gasteiger partial charge in [-0.3, -0.25) is 4.79 Å². The number of amides is 1. The zero-order valence-electron chi connectivity index (χ0n) is 10.8. The minimum absolute atomic E-state index is 0.0123. The quantitative estimate of drug-likeness (QED) is 0.918. The van der Waals surface area contributed by atoms with Gasteiger partial charge in [-0.15, -0.1) is 0 Å². The standard InChI is InChI=1S/C15H16N2O2/c1-11-10-13(17-19-11)16-14(18)15(8-5-9-15)12-6-3-2-4-7-12/h2-4,6-7,10H,5,8-9H2,1H3,(H,16,17,18). The summed E-state index contributed by atoms with van der Waals surface area (Å²) < 4.78 is 4.97. The molecule has 98 valence electrons.